The summed E-state index contributed by atoms with van der Waals surface area (Å²) in [5.41, 5.74) is 6.92. The van der Waals surface area contributed by atoms with Crippen LogP contribution in [0.15, 0.2) is 54.6 Å². The van der Waals surface area contributed by atoms with Gasteiger partial charge in [0, 0.05) is 5.69 Å². The van der Waals surface area contributed by atoms with Crippen molar-refractivity contribution < 1.29 is 9.18 Å². The van der Waals surface area contributed by atoms with Crippen molar-refractivity contribution in [3.8, 4) is 0 Å². The molecule has 0 fully saturated rings. The molecule has 0 aliphatic carbocycles. The summed E-state index contributed by atoms with van der Waals surface area (Å²) in [6, 6.07) is 15.4. The summed E-state index contributed by atoms with van der Waals surface area (Å²) in [7, 11) is 0. The highest BCUT2D eigenvalue weighted by Crippen LogP contribution is 2.21. The maximum atomic E-state index is 12.9. The fourth-order valence-electron chi connectivity index (χ4n) is 2.32. The van der Waals surface area contributed by atoms with Gasteiger partial charge in [-0.25, -0.2) is 4.39 Å². The highest BCUT2D eigenvalue weighted by Gasteiger charge is 2.19. The molecule has 0 heterocycles. The minimum Gasteiger partial charge on any atom is -0.331 e. The van der Waals surface area contributed by atoms with Gasteiger partial charge >= 0.3 is 0 Å². The highest BCUT2D eigenvalue weighted by molar-refractivity contribution is 7.80. The van der Waals surface area contributed by atoms with Gasteiger partial charge in [-0.1, -0.05) is 43.7 Å². The molecular weight excluding hydrogens is 325 g/mol. The van der Waals surface area contributed by atoms with Crippen molar-refractivity contribution in [3.63, 3.8) is 0 Å². The molecule has 6 heteroatoms. The lowest BCUT2D eigenvalue weighted by Gasteiger charge is -2.18. The first-order valence-corrected chi connectivity index (χ1v) is 8.18. The molecule has 0 aromatic heterocycles. The number of halogens is 1. The normalized spacial score (nSPS) is 11.4. The summed E-state index contributed by atoms with van der Waals surface area (Å²) in [6.07, 6.45) is 1.64. The van der Waals surface area contributed by atoms with Crippen LogP contribution in [0.1, 0.15) is 31.2 Å². The topological polar surface area (TPSA) is 53.2 Å². The average molecular weight is 345 g/mol. The summed E-state index contributed by atoms with van der Waals surface area (Å²) in [5.74, 6) is -0.707. The molecule has 0 saturated carbocycles. The van der Waals surface area contributed by atoms with Crippen molar-refractivity contribution in [1.29, 1.82) is 0 Å². The zero-order valence-electron chi connectivity index (χ0n) is 13.4. The Hall–Kier alpha value is -2.47. The third kappa shape index (κ3) is 5.31. The molecule has 0 bridgehead atoms. The van der Waals surface area contributed by atoms with E-state index in [1.54, 1.807) is 12.1 Å². The van der Waals surface area contributed by atoms with Crippen LogP contribution in [0, 0.1) is 5.82 Å². The largest absolute Gasteiger partial charge is 0.331 e. The van der Waals surface area contributed by atoms with Gasteiger partial charge in [-0.15, -0.1) is 0 Å². The van der Waals surface area contributed by atoms with Crippen LogP contribution in [0.4, 0.5) is 10.1 Å². The Morgan fingerprint density at radius 2 is 1.75 bits per heavy atom. The second kappa shape index (κ2) is 8.98. The molecule has 126 valence electrons. The number of benzene rings is 2. The minimum absolute atomic E-state index is 0.147. The van der Waals surface area contributed by atoms with Crippen LogP contribution in [-0.4, -0.2) is 11.0 Å². The number of thiocarbonyl (C=S) groups is 1. The predicted octanol–water partition coefficient (Wildman–Crippen LogP) is 3.73. The Bertz CT molecular complexity index is 676. The monoisotopic (exact) mass is 345 g/mol. The van der Waals surface area contributed by atoms with Crippen molar-refractivity contribution in [2.45, 2.75) is 25.7 Å². The molecule has 2 aromatic rings. The van der Waals surface area contributed by atoms with Crippen molar-refractivity contribution in [2.75, 3.05) is 5.32 Å². The Labute approximate surface area is 146 Å². The van der Waals surface area contributed by atoms with E-state index < -0.39 is 0 Å². The first-order valence-electron chi connectivity index (χ1n) is 7.77. The lowest BCUT2D eigenvalue weighted by atomic mass is 9.94. The van der Waals surface area contributed by atoms with E-state index in [1.165, 1.54) is 12.1 Å². The molecule has 0 spiro atoms. The van der Waals surface area contributed by atoms with Crippen LogP contribution in [0.3, 0.4) is 0 Å². The van der Waals surface area contributed by atoms with Crippen molar-refractivity contribution in [2.24, 2.45) is 0 Å². The van der Waals surface area contributed by atoms with Crippen LogP contribution >= 0.6 is 12.2 Å². The lowest BCUT2D eigenvalue weighted by Crippen LogP contribution is -2.45. The van der Waals surface area contributed by atoms with Crippen LogP contribution < -0.4 is 16.2 Å². The van der Waals surface area contributed by atoms with Crippen LogP contribution in [-0.2, 0) is 4.79 Å². The smallest absolute Gasteiger partial charge is 0.245 e. The standard InChI is InChI=1S/C18H20FN3OS/c1-2-6-16(13-7-4-3-5-8-13)17(23)21-22-18(24)20-15-11-9-14(19)10-12-15/h3-5,7-12,16H,2,6H2,1H3,(H,21,23)(H2,20,22,24)/t16-/m0/s1. The van der Waals surface area contributed by atoms with E-state index >= 15 is 0 Å². The number of carbonyl (C=O) groups excluding carboxylic acids is 1. The molecule has 1 atom stereocenters. The van der Waals surface area contributed by atoms with Crippen molar-refractivity contribution in [1.82, 2.24) is 10.9 Å². The summed E-state index contributed by atoms with van der Waals surface area (Å²) in [5, 5.41) is 3.11. The quantitative estimate of drug-likeness (QED) is 0.571. The number of rotatable bonds is 5. The summed E-state index contributed by atoms with van der Waals surface area (Å²) >= 11 is 5.12. The Kier molecular flexibility index (Phi) is 6.69. The second-order valence-corrected chi connectivity index (χ2v) is 5.74. The van der Waals surface area contributed by atoms with E-state index in [2.05, 4.69) is 16.2 Å². The van der Waals surface area contributed by atoms with E-state index in [1.807, 2.05) is 37.3 Å². The summed E-state index contributed by atoms with van der Waals surface area (Å²) in [4.78, 5) is 12.4. The molecule has 3 N–H and O–H groups in total. The molecule has 2 rings (SSSR count). The van der Waals surface area contributed by atoms with Crippen LogP contribution in [0.25, 0.3) is 0 Å². The first kappa shape index (κ1) is 17.9. The molecule has 0 aliphatic rings. The number of hydrogen-bond acceptors (Lipinski definition) is 2. The number of nitrogens with one attached hydrogen (secondary N) is 3. The average Bonchev–Trinajstić information content (AvgIpc) is 2.60. The third-order valence-corrected chi connectivity index (χ3v) is 3.70. The van der Waals surface area contributed by atoms with Crippen molar-refractivity contribution >= 4 is 28.9 Å². The second-order valence-electron chi connectivity index (χ2n) is 5.33. The number of amides is 1. The van der Waals surface area contributed by atoms with E-state index in [9.17, 15) is 9.18 Å². The maximum Gasteiger partial charge on any atom is 0.245 e. The van der Waals surface area contributed by atoms with E-state index in [0.29, 0.717) is 5.69 Å². The fourth-order valence-corrected chi connectivity index (χ4v) is 2.49. The number of anilines is 1. The zero-order valence-corrected chi connectivity index (χ0v) is 14.2. The van der Waals surface area contributed by atoms with Gasteiger partial charge in [-0.2, -0.15) is 0 Å². The van der Waals surface area contributed by atoms with Gasteiger partial charge < -0.3 is 5.32 Å². The van der Waals surface area contributed by atoms with Gasteiger partial charge in [0.2, 0.25) is 5.91 Å². The van der Waals surface area contributed by atoms with Gasteiger partial charge in [-0.05, 0) is 48.5 Å². The summed E-state index contributed by atoms with van der Waals surface area (Å²) in [6.45, 7) is 2.04. The zero-order chi connectivity index (χ0) is 17.4. The van der Waals surface area contributed by atoms with Crippen LogP contribution in [0.5, 0.6) is 0 Å². The van der Waals surface area contributed by atoms with Gasteiger partial charge in [0.1, 0.15) is 5.82 Å². The molecule has 24 heavy (non-hydrogen) atoms. The predicted molar refractivity (Wildman–Crippen MR) is 98.0 cm³/mol. The Morgan fingerprint density at radius 1 is 1.08 bits per heavy atom. The molecule has 0 saturated heterocycles. The van der Waals surface area contributed by atoms with E-state index in [4.69, 9.17) is 12.2 Å². The van der Waals surface area contributed by atoms with Crippen LogP contribution in [0.2, 0.25) is 0 Å². The number of hydrogen-bond donors (Lipinski definition) is 3. The molecule has 1 amide bonds. The molecule has 0 aliphatic heterocycles. The first-order chi connectivity index (χ1) is 11.6. The lowest BCUT2D eigenvalue weighted by molar-refractivity contribution is -0.123. The molecule has 0 radical (unpaired) electrons. The summed E-state index contributed by atoms with van der Waals surface area (Å²) < 4.78 is 12.9. The minimum atomic E-state index is -0.321. The maximum absolute atomic E-state index is 12.9. The van der Waals surface area contributed by atoms with Gasteiger partial charge in [0.05, 0.1) is 5.92 Å². The molecule has 0 unspecified atom stereocenters. The highest BCUT2D eigenvalue weighted by atomic mass is 32.1. The Morgan fingerprint density at radius 3 is 2.38 bits per heavy atom. The number of carbonyl (C=O) groups is 1. The van der Waals surface area contributed by atoms with E-state index in [-0.39, 0.29) is 22.8 Å². The van der Waals surface area contributed by atoms with Gasteiger partial charge in [0.15, 0.2) is 5.11 Å². The fraction of sp³-hybridized carbons (Fsp3) is 0.222. The van der Waals surface area contributed by atoms with Gasteiger partial charge in [0.25, 0.3) is 0 Å². The van der Waals surface area contributed by atoms with E-state index in [0.717, 1.165) is 18.4 Å². The molecular formula is C18H20FN3OS. The molecule has 2 aromatic carbocycles. The molecule has 4 nitrogen and oxygen atoms in total. The van der Waals surface area contributed by atoms with Crippen molar-refractivity contribution in [3.05, 3.63) is 66.0 Å². The van der Waals surface area contributed by atoms with Gasteiger partial charge in [-0.3, -0.25) is 15.6 Å². The Balaban J connectivity index is 1.90. The SMILES string of the molecule is CCC[C@H](C(=O)NNC(=S)Nc1ccc(F)cc1)c1ccccc1. The number of hydrazine groups is 1. The third-order valence-electron chi connectivity index (χ3n) is 3.50.